The molecule has 0 unspecified atom stereocenters. The molecule has 0 amide bonds. The molecule has 3 nitrogen and oxygen atoms in total. The molecular formula is C26H17Br2NO2. The van der Waals surface area contributed by atoms with Crippen molar-refractivity contribution >= 4 is 43.4 Å². The predicted octanol–water partition coefficient (Wildman–Crippen LogP) is 6.70. The van der Waals surface area contributed by atoms with Crippen LogP contribution in [-0.2, 0) is 13.0 Å². The fraction of sp³-hybridized carbons (Fsp3) is 0.0769. The summed E-state index contributed by atoms with van der Waals surface area (Å²) in [6, 6.07) is 24.7. The maximum atomic E-state index is 13.6. The van der Waals surface area contributed by atoms with E-state index in [0.717, 1.165) is 26.6 Å². The Kier molecular flexibility index (Phi) is 5.24. The monoisotopic (exact) mass is 533 g/mol. The third-order valence-electron chi connectivity index (χ3n) is 5.69. The van der Waals surface area contributed by atoms with Crippen molar-refractivity contribution in [2.75, 3.05) is 0 Å². The molecule has 1 aliphatic heterocycles. The van der Waals surface area contributed by atoms with Crippen molar-refractivity contribution in [3.05, 3.63) is 116 Å². The molecular weight excluding hydrogens is 518 g/mol. The molecule has 152 valence electrons. The zero-order chi connectivity index (χ0) is 21.5. The minimum Gasteiger partial charge on any atom is -0.337 e. The van der Waals surface area contributed by atoms with Crippen LogP contribution in [0.3, 0.4) is 0 Å². The van der Waals surface area contributed by atoms with E-state index in [-0.39, 0.29) is 11.6 Å². The summed E-state index contributed by atoms with van der Waals surface area (Å²) in [5.41, 5.74) is 5.27. The van der Waals surface area contributed by atoms with Crippen molar-refractivity contribution in [2.24, 2.45) is 0 Å². The molecule has 0 aliphatic carbocycles. The fourth-order valence-corrected chi connectivity index (χ4v) is 5.14. The quantitative estimate of drug-likeness (QED) is 0.273. The van der Waals surface area contributed by atoms with Crippen molar-refractivity contribution in [2.45, 2.75) is 13.0 Å². The summed E-state index contributed by atoms with van der Waals surface area (Å²) in [6.45, 7) is 0.654. The number of aromatic nitrogens is 1. The van der Waals surface area contributed by atoms with Gasteiger partial charge in [0.25, 0.3) is 0 Å². The van der Waals surface area contributed by atoms with Gasteiger partial charge in [0.1, 0.15) is 0 Å². The molecule has 5 rings (SSSR count). The van der Waals surface area contributed by atoms with Crippen LogP contribution in [0.15, 0.2) is 87.8 Å². The second-order valence-corrected chi connectivity index (χ2v) is 9.18. The van der Waals surface area contributed by atoms with Gasteiger partial charge in [0, 0.05) is 37.7 Å². The van der Waals surface area contributed by atoms with Crippen LogP contribution in [-0.4, -0.2) is 16.1 Å². The molecule has 2 heterocycles. The van der Waals surface area contributed by atoms with E-state index >= 15 is 0 Å². The van der Waals surface area contributed by atoms with Crippen molar-refractivity contribution < 1.29 is 9.59 Å². The van der Waals surface area contributed by atoms with E-state index in [0.29, 0.717) is 28.9 Å². The van der Waals surface area contributed by atoms with Gasteiger partial charge >= 0.3 is 0 Å². The molecule has 31 heavy (non-hydrogen) atoms. The Hall–Kier alpha value is -2.76. The highest BCUT2D eigenvalue weighted by Gasteiger charge is 2.30. The maximum Gasteiger partial charge on any atom is 0.210 e. The molecule has 0 spiro atoms. The number of fused-ring (bicyclic) bond motifs is 3. The van der Waals surface area contributed by atoms with Gasteiger partial charge in [0.2, 0.25) is 5.78 Å². The first-order valence-corrected chi connectivity index (χ1v) is 11.5. The summed E-state index contributed by atoms with van der Waals surface area (Å²) in [5, 5.41) is 0. The molecule has 0 atom stereocenters. The van der Waals surface area contributed by atoms with Gasteiger partial charge in [-0.3, -0.25) is 9.59 Å². The normalized spacial score (nSPS) is 12.2. The number of rotatable bonds is 4. The lowest BCUT2D eigenvalue weighted by Gasteiger charge is -2.22. The molecule has 0 fully saturated rings. The molecule has 1 aromatic heterocycles. The van der Waals surface area contributed by atoms with E-state index in [9.17, 15) is 9.59 Å². The van der Waals surface area contributed by atoms with Gasteiger partial charge in [0.05, 0.1) is 11.4 Å². The topological polar surface area (TPSA) is 39.1 Å². The van der Waals surface area contributed by atoms with Crippen molar-refractivity contribution in [1.29, 1.82) is 0 Å². The Morgan fingerprint density at radius 1 is 0.710 bits per heavy atom. The van der Waals surface area contributed by atoms with E-state index in [4.69, 9.17) is 0 Å². The molecule has 0 radical (unpaired) electrons. The Morgan fingerprint density at radius 3 is 1.97 bits per heavy atom. The number of nitrogens with zero attached hydrogens (tertiary/aromatic N) is 1. The van der Waals surface area contributed by atoms with Crippen LogP contribution in [0.5, 0.6) is 0 Å². The second-order valence-electron chi connectivity index (χ2n) is 7.47. The third-order valence-corrected chi connectivity index (χ3v) is 7.07. The number of hydrogen-bond acceptors (Lipinski definition) is 2. The summed E-state index contributed by atoms with van der Waals surface area (Å²) in [6.07, 6.45) is 0.816. The van der Waals surface area contributed by atoms with Crippen LogP contribution >= 0.6 is 31.9 Å². The first-order chi connectivity index (χ1) is 15.1. The number of benzene rings is 3. The molecule has 0 saturated heterocycles. The summed E-state index contributed by atoms with van der Waals surface area (Å²) in [4.78, 5) is 27.1. The van der Waals surface area contributed by atoms with Gasteiger partial charge in [-0.25, -0.2) is 0 Å². The molecule has 1 aliphatic rings. The van der Waals surface area contributed by atoms with Crippen LogP contribution in [0.25, 0.3) is 11.3 Å². The van der Waals surface area contributed by atoms with Crippen LogP contribution in [0.2, 0.25) is 0 Å². The maximum absolute atomic E-state index is 13.6. The smallest absolute Gasteiger partial charge is 0.210 e. The second kappa shape index (κ2) is 8.06. The van der Waals surface area contributed by atoms with Gasteiger partial charge in [-0.05, 0) is 42.3 Å². The van der Waals surface area contributed by atoms with Gasteiger partial charge in [-0.2, -0.15) is 0 Å². The fourth-order valence-electron chi connectivity index (χ4n) is 4.21. The molecule has 0 saturated carbocycles. The van der Waals surface area contributed by atoms with Gasteiger partial charge < -0.3 is 4.57 Å². The SMILES string of the molecule is O=C(c1ccccc1Br)c1cc(C(=O)c2ccccc2Br)n2c1-c1ccccc1CC2. The Bertz CT molecular complexity index is 1350. The standard InChI is InChI=1S/C26H17Br2NO2/c27-21-11-5-3-9-18(21)25(30)20-15-23(26(31)19-10-4-6-12-22(19)28)29-14-13-16-7-1-2-8-17(16)24(20)29/h1-12,15H,13-14H2. The minimum atomic E-state index is -0.0981. The van der Waals surface area contributed by atoms with E-state index in [1.54, 1.807) is 18.2 Å². The van der Waals surface area contributed by atoms with Crippen molar-refractivity contribution in [3.63, 3.8) is 0 Å². The molecule has 5 heteroatoms. The van der Waals surface area contributed by atoms with Gasteiger partial charge in [-0.15, -0.1) is 0 Å². The lowest BCUT2D eigenvalue weighted by atomic mass is 9.94. The summed E-state index contributed by atoms with van der Waals surface area (Å²) >= 11 is 7.00. The lowest BCUT2D eigenvalue weighted by molar-refractivity contribution is 0.102. The Labute approximate surface area is 197 Å². The zero-order valence-corrected chi connectivity index (χ0v) is 19.6. The van der Waals surface area contributed by atoms with Crippen LogP contribution in [0, 0.1) is 0 Å². The summed E-state index contributed by atoms with van der Waals surface area (Å²) in [5.74, 6) is -0.196. The summed E-state index contributed by atoms with van der Waals surface area (Å²) in [7, 11) is 0. The number of halogens is 2. The van der Waals surface area contributed by atoms with Gasteiger partial charge in [0.15, 0.2) is 5.78 Å². The minimum absolute atomic E-state index is 0.0979. The van der Waals surface area contributed by atoms with E-state index in [2.05, 4.69) is 37.9 Å². The highest BCUT2D eigenvalue weighted by Crippen LogP contribution is 2.37. The van der Waals surface area contributed by atoms with Crippen LogP contribution < -0.4 is 0 Å². The molecule has 0 N–H and O–H groups in total. The highest BCUT2D eigenvalue weighted by molar-refractivity contribution is 9.10. The average Bonchev–Trinajstić information content (AvgIpc) is 3.19. The van der Waals surface area contributed by atoms with E-state index in [1.807, 2.05) is 59.2 Å². The number of hydrogen-bond donors (Lipinski definition) is 0. The molecule has 0 bridgehead atoms. The number of aryl methyl sites for hydroxylation is 1. The molecule has 4 aromatic rings. The van der Waals surface area contributed by atoms with Crippen LogP contribution in [0.1, 0.15) is 37.5 Å². The summed E-state index contributed by atoms with van der Waals surface area (Å²) < 4.78 is 3.49. The predicted molar refractivity (Wildman–Crippen MR) is 129 cm³/mol. The number of carbonyl (C=O) groups is 2. The van der Waals surface area contributed by atoms with Crippen LogP contribution in [0.4, 0.5) is 0 Å². The molecule has 3 aromatic carbocycles. The highest BCUT2D eigenvalue weighted by atomic mass is 79.9. The van der Waals surface area contributed by atoms with E-state index < -0.39 is 0 Å². The van der Waals surface area contributed by atoms with E-state index in [1.165, 1.54) is 5.56 Å². The largest absolute Gasteiger partial charge is 0.337 e. The Morgan fingerprint density at radius 2 is 1.29 bits per heavy atom. The number of carbonyl (C=O) groups excluding carboxylic acids is 2. The average molecular weight is 535 g/mol. The first-order valence-electron chi connectivity index (χ1n) is 9.96. The Balaban J connectivity index is 1.74. The van der Waals surface area contributed by atoms with Crippen molar-refractivity contribution in [3.8, 4) is 11.3 Å². The number of ketones is 2. The van der Waals surface area contributed by atoms with Gasteiger partial charge in [-0.1, -0.05) is 80.4 Å². The lowest BCUT2D eigenvalue weighted by Crippen LogP contribution is -2.17. The third kappa shape index (κ3) is 3.42. The first kappa shape index (κ1) is 20.2. The zero-order valence-electron chi connectivity index (χ0n) is 16.4. The van der Waals surface area contributed by atoms with Crippen molar-refractivity contribution in [1.82, 2.24) is 4.57 Å².